The van der Waals surface area contributed by atoms with E-state index in [1.807, 2.05) is 0 Å². The zero-order valence-corrected chi connectivity index (χ0v) is 10.1. The van der Waals surface area contributed by atoms with Crippen LogP contribution in [-0.4, -0.2) is 50.9 Å². The molecule has 1 aliphatic heterocycles. The van der Waals surface area contributed by atoms with Crippen molar-refractivity contribution in [3.63, 3.8) is 0 Å². The fraction of sp³-hybridized carbons (Fsp3) is 0.714. The van der Waals surface area contributed by atoms with E-state index in [4.69, 9.17) is 7.53 Å². The molecule has 0 amide bonds. The minimum atomic E-state index is -3.05. The molecule has 1 fully saturated rings. The summed E-state index contributed by atoms with van der Waals surface area (Å²) < 4.78 is 10.2. The molecule has 0 spiro atoms. The summed E-state index contributed by atoms with van der Waals surface area (Å²) >= 11 is -3.05. The number of carbonyl (C=O) groups excluding carboxylic acids is 2. The van der Waals surface area contributed by atoms with Crippen LogP contribution >= 0.6 is 0 Å². The van der Waals surface area contributed by atoms with Gasteiger partial charge in [0, 0.05) is 0 Å². The van der Waals surface area contributed by atoms with E-state index in [-0.39, 0.29) is 25.0 Å². The summed E-state index contributed by atoms with van der Waals surface area (Å²) in [4.78, 5) is 23.9. The van der Waals surface area contributed by atoms with Gasteiger partial charge in [-0.25, -0.2) is 0 Å². The van der Waals surface area contributed by atoms with E-state index in [0.29, 0.717) is 0 Å². The van der Waals surface area contributed by atoms with Crippen LogP contribution in [0.5, 0.6) is 0 Å². The zero-order chi connectivity index (χ0) is 10.1. The predicted molar refractivity (Wildman–Crippen MR) is 47.2 cm³/mol. The van der Waals surface area contributed by atoms with E-state index >= 15 is 0 Å². The van der Waals surface area contributed by atoms with E-state index < -0.39 is 13.9 Å². The Morgan fingerprint density at radius 2 is 1.54 bits per heavy atom. The van der Waals surface area contributed by atoms with Crippen molar-refractivity contribution in [2.45, 2.75) is 11.5 Å². The number of likely N-dealkylation sites (N-methyl/N-ethyl adjacent to an activating group) is 1. The van der Waals surface area contributed by atoms with Crippen molar-refractivity contribution >= 4 is 25.9 Å². The third-order valence-corrected chi connectivity index (χ3v) is 4.54. The average Bonchev–Trinajstić information content (AvgIpc) is 1.78. The summed E-state index contributed by atoms with van der Waals surface area (Å²) in [6.45, 7) is 0.313. The van der Waals surface area contributed by atoms with Gasteiger partial charge in [-0.15, -0.1) is 0 Å². The SMILES string of the molecule is CN1CC(=O)[O][Ge]([CH3])([CH3])[O]C(=O)C1. The number of rotatable bonds is 0. The summed E-state index contributed by atoms with van der Waals surface area (Å²) in [7, 11) is 1.67. The summed E-state index contributed by atoms with van der Waals surface area (Å²) in [6, 6.07) is 0. The molecule has 13 heavy (non-hydrogen) atoms. The van der Waals surface area contributed by atoms with Crippen LogP contribution in [0.3, 0.4) is 0 Å². The molecular weight excluding hydrogens is 235 g/mol. The molecule has 0 atom stereocenters. The first-order valence-corrected chi connectivity index (χ1v) is 9.92. The number of hydrogen-bond donors (Lipinski definition) is 0. The Hall–Kier alpha value is -0.557. The van der Waals surface area contributed by atoms with Crippen molar-refractivity contribution in [2.75, 3.05) is 20.1 Å². The second-order valence-corrected chi connectivity index (χ2v) is 10.3. The minimum absolute atomic E-state index is 0.157. The van der Waals surface area contributed by atoms with Crippen LogP contribution in [0.2, 0.25) is 11.5 Å². The van der Waals surface area contributed by atoms with Gasteiger partial charge in [-0.3, -0.25) is 0 Å². The average molecular weight is 248 g/mol. The molecule has 1 saturated heterocycles. The standard InChI is InChI=1S/C7H13GeNO4/c1-8(2)12-6(10)4-9(3)5-7(11)13-8/h4-5H2,1-3H3. The van der Waals surface area contributed by atoms with Gasteiger partial charge < -0.3 is 0 Å². The van der Waals surface area contributed by atoms with Crippen LogP contribution in [0, 0.1) is 0 Å². The molecule has 5 nitrogen and oxygen atoms in total. The summed E-state index contributed by atoms with van der Waals surface area (Å²) in [5.74, 6) is 2.84. The van der Waals surface area contributed by atoms with Crippen molar-refractivity contribution in [1.82, 2.24) is 4.90 Å². The van der Waals surface area contributed by atoms with Gasteiger partial charge in [-0.05, 0) is 0 Å². The number of nitrogens with zero attached hydrogens (tertiary/aromatic N) is 1. The molecule has 0 aliphatic carbocycles. The van der Waals surface area contributed by atoms with Crippen molar-refractivity contribution < 1.29 is 17.1 Å². The van der Waals surface area contributed by atoms with Crippen LogP contribution in [0.15, 0.2) is 0 Å². The first kappa shape index (κ1) is 10.5. The topological polar surface area (TPSA) is 55.8 Å². The van der Waals surface area contributed by atoms with Gasteiger partial charge in [0.25, 0.3) is 0 Å². The molecule has 0 radical (unpaired) electrons. The Morgan fingerprint density at radius 3 is 1.92 bits per heavy atom. The van der Waals surface area contributed by atoms with Crippen LogP contribution in [0.1, 0.15) is 0 Å². The van der Waals surface area contributed by atoms with E-state index in [0.717, 1.165) is 0 Å². The van der Waals surface area contributed by atoms with E-state index in [1.165, 1.54) is 0 Å². The molecule has 0 bridgehead atoms. The molecule has 1 rings (SSSR count). The van der Waals surface area contributed by atoms with Crippen LogP contribution in [0.4, 0.5) is 0 Å². The summed E-state index contributed by atoms with van der Waals surface area (Å²) in [5.41, 5.74) is 0. The molecule has 74 valence electrons. The fourth-order valence-corrected chi connectivity index (χ4v) is 3.79. The summed E-state index contributed by atoms with van der Waals surface area (Å²) in [5, 5.41) is 0. The Labute approximate surface area is 80.0 Å². The van der Waals surface area contributed by atoms with Crippen LogP contribution < -0.4 is 0 Å². The molecule has 0 aromatic heterocycles. The molecule has 0 saturated carbocycles. The maximum absolute atomic E-state index is 11.2. The maximum atomic E-state index is 11.2. The first-order valence-electron chi connectivity index (χ1n) is 4.01. The number of carbonyl (C=O) groups is 2. The van der Waals surface area contributed by atoms with Gasteiger partial charge in [-0.1, -0.05) is 0 Å². The predicted octanol–water partition coefficient (Wildman–Crippen LogP) is -0.280. The third kappa shape index (κ3) is 3.35. The normalized spacial score (nSPS) is 24.2. The fourth-order valence-electron chi connectivity index (χ4n) is 1.13. The second-order valence-electron chi connectivity index (χ2n) is 3.52. The van der Waals surface area contributed by atoms with Gasteiger partial charge in [0.15, 0.2) is 0 Å². The zero-order valence-electron chi connectivity index (χ0n) is 7.99. The van der Waals surface area contributed by atoms with Crippen molar-refractivity contribution in [3.8, 4) is 0 Å². The molecule has 0 aromatic carbocycles. The molecule has 1 aliphatic rings. The Kier molecular flexibility index (Phi) is 2.97. The van der Waals surface area contributed by atoms with Gasteiger partial charge in [0.05, 0.1) is 0 Å². The van der Waals surface area contributed by atoms with Gasteiger partial charge in [0.2, 0.25) is 0 Å². The van der Waals surface area contributed by atoms with Gasteiger partial charge >= 0.3 is 79.5 Å². The molecular formula is C7H13GeNO4. The molecule has 1 heterocycles. The van der Waals surface area contributed by atoms with Gasteiger partial charge in [-0.2, -0.15) is 0 Å². The van der Waals surface area contributed by atoms with Crippen LogP contribution in [-0.2, 0) is 17.1 Å². The Bertz CT molecular complexity index is 219. The van der Waals surface area contributed by atoms with E-state index in [1.54, 1.807) is 23.5 Å². The Morgan fingerprint density at radius 1 is 1.15 bits per heavy atom. The third-order valence-electron chi connectivity index (χ3n) is 1.52. The summed E-state index contributed by atoms with van der Waals surface area (Å²) in [6.07, 6.45) is 0. The molecule has 0 unspecified atom stereocenters. The quantitative estimate of drug-likeness (QED) is 0.551. The number of hydrogen-bond acceptors (Lipinski definition) is 5. The first-order chi connectivity index (χ1) is 5.89. The molecule has 0 aromatic rings. The van der Waals surface area contributed by atoms with Gasteiger partial charge in [0.1, 0.15) is 0 Å². The Balaban J connectivity index is 2.70. The monoisotopic (exact) mass is 249 g/mol. The molecule has 6 heteroatoms. The van der Waals surface area contributed by atoms with Crippen molar-refractivity contribution in [3.05, 3.63) is 0 Å². The molecule has 0 N–H and O–H groups in total. The van der Waals surface area contributed by atoms with Crippen molar-refractivity contribution in [1.29, 1.82) is 0 Å². The van der Waals surface area contributed by atoms with E-state index in [9.17, 15) is 9.59 Å². The van der Waals surface area contributed by atoms with E-state index in [2.05, 4.69) is 0 Å². The van der Waals surface area contributed by atoms with Crippen LogP contribution in [0.25, 0.3) is 0 Å². The second kappa shape index (κ2) is 3.67. The van der Waals surface area contributed by atoms with Crippen molar-refractivity contribution in [2.24, 2.45) is 0 Å².